The lowest BCUT2D eigenvalue weighted by atomic mass is 9.91. The van der Waals surface area contributed by atoms with E-state index in [0.29, 0.717) is 12.4 Å². The van der Waals surface area contributed by atoms with Crippen LogP contribution in [0.2, 0.25) is 0 Å². The van der Waals surface area contributed by atoms with Crippen LogP contribution >= 0.6 is 15.9 Å². The Hall–Kier alpha value is -1.49. The molecule has 0 fully saturated rings. The molecule has 5 heteroatoms. The Bertz CT molecular complexity index is 612. The van der Waals surface area contributed by atoms with Gasteiger partial charge < -0.3 is 10.5 Å². The Labute approximate surface area is 134 Å². The number of hydrogen-bond acceptors (Lipinski definition) is 3. The molecule has 0 aliphatic carbocycles. The molecule has 1 aromatic carbocycles. The highest BCUT2D eigenvalue weighted by Gasteiger charge is 2.20. The Balaban J connectivity index is 2.33. The van der Waals surface area contributed by atoms with Crippen molar-refractivity contribution in [1.82, 2.24) is 9.78 Å². The van der Waals surface area contributed by atoms with Gasteiger partial charge in [-0.1, -0.05) is 20.8 Å². The maximum atomic E-state index is 6.17. The molecule has 0 aliphatic rings. The number of aromatic nitrogens is 2. The van der Waals surface area contributed by atoms with E-state index >= 15 is 0 Å². The number of nitrogens with two attached hydrogens (primary N) is 1. The van der Waals surface area contributed by atoms with Crippen LogP contribution in [0.15, 0.2) is 28.7 Å². The van der Waals surface area contributed by atoms with Crippen molar-refractivity contribution in [2.45, 2.75) is 34.1 Å². The monoisotopic (exact) mass is 351 g/mol. The van der Waals surface area contributed by atoms with E-state index in [4.69, 9.17) is 10.5 Å². The second kappa shape index (κ2) is 6.10. The van der Waals surface area contributed by atoms with Gasteiger partial charge in [0.2, 0.25) is 0 Å². The third kappa shape index (κ3) is 3.79. The Morgan fingerprint density at radius 3 is 2.38 bits per heavy atom. The van der Waals surface area contributed by atoms with E-state index in [1.54, 1.807) is 4.68 Å². The van der Waals surface area contributed by atoms with Crippen LogP contribution in [-0.4, -0.2) is 16.4 Å². The van der Waals surface area contributed by atoms with Crippen molar-refractivity contribution in [3.63, 3.8) is 0 Å². The minimum Gasteiger partial charge on any atom is -0.494 e. The number of anilines is 1. The number of rotatable bonds is 4. The predicted molar refractivity (Wildman–Crippen MR) is 90.0 cm³/mol. The smallest absolute Gasteiger partial charge is 0.141 e. The van der Waals surface area contributed by atoms with Crippen molar-refractivity contribution in [1.29, 1.82) is 0 Å². The first kappa shape index (κ1) is 15.9. The Kier molecular flexibility index (Phi) is 4.61. The molecular formula is C16H22BrN3O. The minimum absolute atomic E-state index is 0.160. The third-order valence-corrected chi connectivity index (χ3v) is 3.88. The molecule has 0 saturated carbocycles. The van der Waals surface area contributed by atoms with Crippen molar-refractivity contribution in [3.8, 4) is 11.4 Å². The highest BCUT2D eigenvalue weighted by Crippen LogP contribution is 2.31. The molecule has 21 heavy (non-hydrogen) atoms. The van der Waals surface area contributed by atoms with Crippen molar-refractivity contribution in [2.24, 2.45) is 5.41 Å². The minimum atomic E-state index is 0.160. The number of nitrogen functional groups attached to an aromatic ring is 1. The van der Waals surface area contributed by atoms with Gasteiger partial charge in [-0.15, -0.1) is 0 Å². The van der Waals surface area contributed by atoms with Gasteiger partial charge in [-0.05, 0) is 59.0 Å². The summed E-state index contributed by atoms with van der Waals surface area (Å²) in [5, 5.41) is 4.64. The average molecular weight is 352 g/mol. The SMILES string of the molecule is CCOc1ccc(-n2nc(CC(C)(C)C)c(Br)c2N)cc1. The summed E-state index contributed by atoms with van der Waals surface area (Å²) in [6, 6.07) is 7.78. The van der Waals surface area contributed by atoms with Crippen molar-refractivity contribution < 1.29 is 4.74 Å². The molecule has 0 spiro atoms. The van der Waals surface area contributed by atoms with Crippen LogP contribution in [-0.2, 0) is 6.42 Å². The summed E-state index contributed by atoms with van der Waals surface area (Å²) in [6.45, 7) is 9.18. The fourth-order valence-electron chi connectivity index (χ4n) is 2.12. The van der Waals surface area contributed by atoms with Crippen LogP contribution in [0.5, 0.6) is 5.75 Å². The zero-order valence-corrected chi connectivity index (χ0v) is 14.6. The molecule has 2 rings (SSSR count). The molecule has 114 valence electrons. The van der Waals surface area contributed by atoms with Gasteiger partial charge in [-0.3, -0.25) is 0 Å². The predicted octanol–water partition coefficient (Wildman–Crippen LogP) is 4.20. The second-order valence-corrected chi connectivity index (χ2v) is 7.02. The Morgan fingerprint density at radius 1 is 1.24 bits per heavy atom. The fraction of sp³-hybridized carbons (Fsp3) is 0.438. The summed E-state index contributed by atoms with van der Waals surface area (Å²) in [5.74, 6) is 1.47. The summed E-state index contributed by atoms with van der Waals surface area (Å²) in [7, 11) is 0. The lowest BCUT2D eigenvalue weighted by molar-refractivity contribution is 0.340. The van der Waals surface area contributed by atoms with E-state index in [1.807, 2.05) is 31.2 Å². The van der Waals surface area contributed by atoms with Gasteiger partial charge in [0.05, 0.1) is 22.5 Å². The normalized spacial score (nSPS) is 11.7. The van der Waals surface area contributed by atoms with Crippen LogP contribution in [0.1, 0.15) is 33.4 Å². The zero-order chi connectivity index (χ0) is 15.6. The summed E-state index contributed by atoms with van der Waals surface area (Å²) in [4.78, 5) is 0. The maximum absolute atomic E-state index is 6.17. The largest absolute Gasteiger partial charge is 0.494 e. The van der Waals surface area contributed by atoms with Crippen molar-refractivity contribution in [3.05, 3.63) is 34.4 Å². The third-order valence-electron chi connectivity index (χ3n) is 3.02. The van der Waals surface area contributed by atoms with Gasteiger partial charge in [0, 0.05) is 0 Å². The van der Waals surface area contributed by atoms with Crippen LogP contribution in [0.3, 0.4) is 0 Å². The molecule has 4 nitrogen and oxygen atoms in total. The first-order chi connectivity index (χ1) is 9.81. The number of hydrogen-bond donors (Lipinski definition) is 1. The first-order valence-electron chi connectivity index (χ1n) is 7.08. The average Bonchev–Trinajstić information content (AvgIpc) is 2.67. The van der Waals surface area contributed by atoms with Gasteiger partial charge >= 0.3 is 0 Å². The standard InChI is InChI=1S/C16H22BrN3O/c1-5-21-12-8-6-11(7-9-12)20-15(18)14(17)13(19-20)10-16(2,3)4/h6-9H,5,10,18H2,1-4H3. The summed E-state index contributed by atoms with van der Waals surface area (Å²) >= 11 is 3.56. The second-order valence-electron chi connectivity index (χ2n) is 6.22. The molecule has 0 amide bonds. The van der Waals surface area contributed by atoms with Crippen LogP contribution in [0.4, 0.5) is 5.82 Å². The number of benzene rings is 1. The molecule has 1 heterocycles. The topological polar surface area (TPSA) is 53.1 Å². The van der Waals surface area contributed by atoms with E-state index in [0.717, 1.165) is 28.0 Å². The van der Waals surface area contributed by atoms with E-state index in [2.05, 4.69) is 41.8 Å². The van der Waals surface area contributed by atoms with Crippen molar-refractivity contribution >= 4 is 21.7 Å². The van der Waals surface area contributed by atoms with Crippen LogP contribution in [0, 0.1) is 5.41 Å². The molecule has 0 radical (unpaired) electrons. The van der Waals surface area contributed by atoms with Crippen LogP contribution < -0.4 is 10.5 Å². The van der Waals surface area contributed by atoms with Gasteiger partial charge in [0.25, 0.3) is 0 Å². The molecular weight excluding hydrogens is 330 g/mol. The lowest BCUT2D eigenvalue weighted by Gasteiger charge is -2.16. The summed E-state index contributed by atoms with van der Waals surface area (Å²) < 4.78 is 8.10. The summed E-state index contributed by atoms with van der Waals surface area (Å²) in [6.07, 6.45) is 0.863. The number of nitrogens with zero attached hydrogens (tertiary/aromatic N) is 2. The van der Waals surface area contributed by atoms with Gasteiger partial charge in [-0.2, -0.15) is 5.10 Å². The molecule has 2 aromatic rings. The lowest BCUT2D eigenvalue weighted by Crippen LogP contribution is -2.10. The highest BCUT2D eigenvalue weighted by atomic mass is 79.9. The molecule has 0 atom stereocenters. The number of halogens is 1. The van der Waals surface area contributed by atoms with Gasteiger partial charge in [0.1, 0.15) is 11.6 Å². The quantitative estimate of drug-likeness (QED) is 0.897. The van der Waals surface area contributed by atoms with E-state index in [9.17, 15) is 0 Å². The van der Waals surface area contributed by atoms with Crippen molar-refractivity contribution in [2.75, 3.05) is 12.3 Å². The van der Waals surface area contributed by atoms with E-state index in [-0.39, 0.29) is 5.41 Å². The summed E-state index contributed by atoms with van der Waals surface area (Å²) in [5.41, 5.74) is 8.24. The molecule has 0 aliphatic heterocycles. The molecule has 0 saturated heterocycles. The number of ether oxygens (including phenoxy) is 1. The highest BCUT2D eigenvalue weighted by molar-refractivity contribution is 9.10. The molecule has 2 N–H and O–H groups in total. The fourth-order valence-corrected chi connectivity index (χ4v) is 2.51. The van der Waals surface area contributed by atoms with Crippen LogP contribution in [0.25, 0.3) is 5.69 Å². The molecule has 0 unspecified atom stereocenters. The molecule has 0 bridgehead atoms. The van der Waals surface area contributed by atoms with E-state index < -0.39 is 0 Å². The zero-order valence-electron chi connectivity index (χ0n) is 13.0. The van der Waals surface area contributed by atoms with Gasteiger partial charge in [-0.25, -0.2) is 4.68 Å². The maximum Gasteiger partial charge on any atom is 0.141 e. The molecule has 1 aromatic heterocycles. The van der Waals surface area contributed by atoms with E-state index in [1.165, 1.54) is 0 Å². The Morgan fingerprint density at radius 2 is 1.86 bits per heavy atom. The van der Waals surface area contributed by atoms with Gasteiger partial charge in [0.15, 0.2) is 0 Å². The first-order valence-corrected chi connectivity index (χ1v) is 7.87.